The van der Waals surface area contributed by atoms with Crippen LogP contribution >= 0.6 is 0 Å². The van der Waals surface area contributed by atoms with Gasteiger partial charge in [0.25, 0.3) is 0 Å². The summed E-state index contributed by atoms with van der Waals surface area (Å²) in [7, 11) is 0. The van der Waals surface area contributed by atoms with Crippen molar-refractivity contribution < 1.29 is 32.2 Å². The minimum Gasteiger partial charge on any atom is -0.485 e. The van der Waals surface area contributed by atoms with Gasteiger partial charge in [0.1, 0.15) is 6.61 Å². The second-order valence-corrected chi connectivity index (χ2v) is 4.71. The van der Waals surface area contributed by atoms with Crippen LogP contribution in [0.4, 0.5) is 17.6 Å². The minimum absolute atomic E-state index is 0.0330. The Hall–Kier alpha value is -1.83. The second kappa shape index (κ2) is 4.93. The van der Waals surface area contributed by atoms with Gasteiger partial charge in [0.05, 0.1) is 0 Å². The lowest BCUT2D eigenvalue weighted by molar-refractivity contribution is -0.145. The number of ether oxygens (including phenoxy) is 1. The Morgan fingerprint density at radius 1 is 1.30 bits per heavy atom. The lowest BCUT2D eigenvalue weighted by atomic mass is 9.96. The third kappa shape index (κ3) is 2.43. The first-order valence-corrected chi connectivity index (χ1v) is 5.75. The molecule has 0 amide bonds. The zero-order chi connectivity index (χ0) is 15.1. The molecule has 1 aliphatic rings. The van der Waals surface area contributed by atoms with E-state index < -0.39 is 53.1 Å². The van der Waals surface area contributed by atoms with Gasteiger partial charge in [-0.05, 0) is 18.8 Å². The number of rotatable bonds is 5. The maximum atomic E-state index is 13.3. The molecule has 0 heterocycles. The standard InChI is InChI=1S/C12H11F4NO3/c13-6-3-7(14)9(16)10(8(6)15)20-4-12(17,11(18)19)5-1-2-5/h3,5H,1-2,4,17H2,(H,18,19). The summed E-state index contributed by atoms with van der Waals surface area (Å²) in [4.78, 5) is 11.1. The first-order valence-electron chi connectivity index (χ1n) is 5.75. The van der Waals surface area contributed by atoms with Gasteiger partial charge < -0.3 is 15.6 Å². The number of hydrogen-bond acceptors (Lipinski definition) is 3. The van der Waals surface area contributed by atoms with E-state index in [1.54, 1.807) is 0 Å². The summed E-state index contributed by atoms with van der Waals surface area (Å²) >= 11 is 0. The van der Waals surface area contributed by atoms with Crippen LogP contribution in [0.1, 0.15) is 12.8 Å². The average molecular weight is 293 g/mol. The van der Waals surface area contributed by atoms with Crippen molar-refractivity contribution in [2.45, 2.75) is 18.4 Å². The van der Waals surface area contributed by atoms with E-state index in [2.05, 4.69) is 4.74 Å². The van der Waals surface area contributed by atoms with E-state index >= 15 is 0 Å². The third-order valence-corrected chi connectivity index (χ3v) is 3.23. The number of halogens is 4. The molecule has 1 unspecified atom stereocenters. The van der Waals surface area contributed by atoms with E-state index in [4.69, 9.17) is 10.8 Å². The number of nitrogens with two attached hydrogens (primary N) is 1. The molecule has 1 saturated carbocycles. The molecular weight excluding hydrogens is 282 g/mol. The van der Waals surface area contributed by atoms with E-state index in [1.807, 2.05) is 0 Å². The summed E-state index contributed by atoms with van der Waals surface area (Å²) in [6.07, 6.45) is 1.07. The monoisotopic (exact) mass is 293 g/mol. The van der Waals surface area contributed by atoms with E-state index in [1.165, 1.54) is 0 Å². The summed E-state index contributed by atoms with van der Waals surface area (Å²) < 4.78 is 57.2. The molecule has 3 N–H and O–H groups in total. The van der Waals surface area contributed by atoms with E-state index in [-0.39, 0.29) is 6.07 Å². The zero-order valence-corrected chi connectivity index (χ0v) is 10.1. The van der Waals surface area contributed by atoms with Crippen LogP contribution in [0.15, 0.2) is 6.07 Å². The van der Waals surface area contributed by atoms with Crippen molar-refractivity contribution >= 4 is 5.97 Å². The molecule has 1 aromatic rings. The first kappa shape index (κ1) is 14.6. The van der Waals surface area contributed by atoms with Crippen LogP contribution in [0.3, 0.4) is 0 Å². The Morgan fingerprint density at radius 3 is 2.20 bits per heavy atom. The van der Waals surface area contributed by atoms with Crippen LogP contribution < -0.4 is 10.5 Å². The second-order valence-electron chi connectivity index (χ2n) is 4.71. The zero-order valence-electron chi connectivity index (χ0n) is 10.1. The lowest BCUT2D eigenvalue weighted by Gasteiger charge is -2.24. The molecular formula is C12H11F4NO3. The van der Waals surface area contributed by atoms with Gasteiger partial charge in [-0.15, -0.1) is 0 Å². The maximum Gasteiger partial charge on any atom is 0.327 e. The van der Waals surface area contributed by atoms with Crippen LogP contribution in [-0.4, -0.2) is 23.2 Å². The Balaban J connectivity index is 2.25. The van der Waals surface area contributed by atoms with Gasteiger partial charge in [0.2, 0.25) is 11.6 Å². The van der Waals surface area contributed by atoms with Gasteiger partial charge in [-0.3, -0.25) is 4.79 Å². The summed E-state index contributed by atoms with van der Waals surface area (Å²) in [6.45, 7) is -0.788. The van der Waals surface area contributed by atoms with Gasteiger partial charge in [-0.1, -0.05) is 0 Å². The van der Waals surface area contributed by atoms with Crippen LogP contribution in [0.2, 0.25) is 0 Å². The fraction of sp³-hybridized carbons (Fsp3) is 0.417. The number of carbonyl (C=O) groups is 1. The molecule has 1 fully saturated rings. The Bertz CT molecular complexity index is 536. The highest BCUT2D eigenvalue weighted by Gasteiger charge is 2.49. The summed E-state index contributed by atoms with van der Waals surface area (Å²) in [5.74, 6) is -9.84. The normalized spacial score (nSPS) is 17.6. The molecule has 20 heavy (non-hydrogen) atoms. The summed E-state index contributed by atoms with van der Waals surface area (Å²) in [5, 5.41) is 9.03. The van der Waals surface area contributed by atoms with Gasteiger partial charge in [-0.2, -0.15) is 8.78 Å². The topological polar surface area (TPSA) is 72.5 Å². The fourth-order valence-corrected chi connectivity index (χ4v) is 1.82. The molecule has 0 aliphatic heterocycles. The molecule has 1 atom stereocenters. The van der Waals surface area contributed by atoms with Crippen molar-refractivity contribution in [3.63, 3.8) is 0 Å². The van der Waals surface area contributed by atoms with Crippen molar-refractivity contribution in [1.29, 1.82) is 0 Å². The van der Waals surface area contributed by atoms with E-state index in [9.17, 15) is 22.4 Å². The smallest absolute Gasteiger partial charge is 0.327 e. The van der Waals surface area contributed by atoms with Crippen molar-refractivity contribution in [2.75, 3.05) is 6.61 Å². The Morgan fingerprint density at radius 2 is 1.80 bits per heavy atom. The highest BCUT2D eigenvalue weighted by atomic mass is 19.2. The molecule has 110 valence electrons. The van der Waals surface area contributed by atoms with Crippen LogP contribution in [0.25, 0.3) is 0 Å². The molecule has 0 spiro atoms. The van der Waals surface area contributed by atoms with Crippen molar-refractivity contribution in [2.24, 2.45) is 11.7 Å². The highest BCUT2D eigenvalue weighted by Crippen LogP contribution is 2.39. The van der Waals surface area contributed by atoms with Gasteiger partial charge in [-0.25, -0.2) is 8.78 Å². The van der Waals surface area contributed by atoms with Crippen molar-refractivity contribution in [3.8, 4) is 5.75 Å². The number of benzene rings is 1. The van der Waals surface area contributed by atoms with Gasteiger partial charge >= 0.3 is 5.97 Å². The number of carboxylic acid groups (broad SMARTS) is 1. The first-order chi connectivity index (χ1) is 9.27. The maximum absolute atomic E-state index is 13.3. The van der Waals surface area contributed by atoms with Crippen molar-refractivity contribution in [3.05, 3.63) is 29.3 Å². The van der Waals surface area contributed by atoms with Crippen LogP contribution in [0, 0.1) is 29.2 Å². The Labute approximate surface area is 111 Å². The van der Waals surface area contributed by atoms with Gasteiger partial charge in [0, 0.05) is 6.07 Å². The number of carboxylic acids is 1. The fourth-order valence-electron chi connectivity index (χ4n) is 1.82. The number of hydrogen-bond donors (Lipinski definition) is 2. The molecule has 1 aliphatic carbocycles. The molecule has 2 rings (SSSR count). The molecule has 8 heteroatoms. The lowest BCUT2D eigenvalue weighted by Crippen LogP contribution is -2.55. The number of aliphatic carboxylic acids is 1. The highest BCUT2D eigenvalue weighted by molar-refractivity contribution is 5.79. The largest absolute Gasteiger partial charge is 0.485 e. The summed E-state index contributed by atoms with van der Waals surface area (Å²) in [6, 6.07) is 0.0330. The van der Waals surface area contributed by atoms with Crippen molar-refractivity contribution in [1.82, 2.24) is 0 Å². The molecule has 4 nitrogen and oxygen atoms in total. The van der Waals surface area contributed by atoms with Crippen LogP contribution in [-0.2, 0) is 4.79 Å². The predicted octanol–water partition coefficient (Wildman–Crippen LogP) is 1.81. The van der Waals surface area contributed by atoms with Gasteiger partial charge in [0.15, 0.2) is 22.9 Å². The molecule has 0 aromatic heterocycles. The minimum atomic E-state index is -1.85. The van der Waals surface area contributed by atoms with Crippen LogP contribution in [0.5, 0.6) is 5.75 Å². The molecule has 0 radical (unpaired) electrons. The molecule has 0 saturated heterocycles. The van der Waals surface area contributed by atoms with E-state index in [0.717, 1.165) is 0 Å². The van der Waals surface area contributed by atoms with E-state index in [0.29, 0.717) is 12.8 Å². The quantitative estimate of drug-likeness (QED) is 0.641. The Kier molecular flexibility index (Phi) is 3.59. The average Bonchev–Trinajstić information content (AvgIpc) is 3.20. The molecule has 1 aromatic carbocycles. The SMILES string of the molecule is NC(COc1c(F)c(F)cc(F)c1F)(C(=O)O)C1CC1. The molecule has 0 bridgehead atoms. The third-order valence-electron chi connectivity index (χ3n) is 3.23. The predicted molar refractivity (Wildman–Crippen MR) is 59.0 cm³/mol. The summed E-state index contributed by atoms with van der Waals surface area (Å²) in [5.41, 5.74) is 3.77.